The van der Waals surface area contributed by atoms with Gasteiger partial charge in [0.25, 0.3) is 10.0 Å². The zero-order valence-electron chi connectivity index (χ0n) is 12.1. The Labute approximate surface area is 131 Å². The van der Waals surface area contributed by atoms with Crippen molar-refractivity contribution in [1.82, 2.24) is 9.97 Å². The molecule has 0 radical (unpaired) electrons. The first-order chi connectivity index (χ1) is 10.3. The van der Waals surface area contributed by atoms with Crippen molar-refractivity contribution in [2.24, 2.45) is 0 Å². The summed E-state index contributed by atoms with van der Waals surface area (Å²) in [5.74, 6) is 0. The van der Waals surface area contributed by atoms with Gasteiger partial charge in [0, 0.05) is 4.28 Å². The number of fused-ring (bicyclic) bond motifs is 1. The van der Waals surface area contributed by atoms with Gasteiger partial charge in [-0.15, -0.1) is 0 Å². The van der Waals surface area contributed by atoms with Crippen molar-refractivity contribution in [3.63, 3.8) is 0 Å². The van der Waals surface area contributed by atoms with Gasteiger partial charge in [-0.3, -0.25) is 4.72 Å². The third kappa shape index (κ3) is 2.62. The van der Waals surface area contributed by atoms with Crippen LogP contribution in [0.3, 0.4) is 0 Å². The molecule has 0 aliphatic carbocycles. The molecule has 3 N–H and O–H groups in total. The van der Waals surface area contributed by atoms with Crippen molar-refractivity contribution >= 4 is 26.7 Å². The lowest BCUT2D eigenvalue weighted by Crippen LogP contribution is -2.14. The van der Waals surface area contributed by atoms with Crippen LogP contribution < -0.4 is 10.4 Å². The zero-order chi connectivity index (χ0) is 15.9. The van der Waals surface area contributed by atoms with Crippen molar-refractivity contribution in [1.29, 1.82) is 0 Å². The molecule has 0 aliphatic heterocycles. The van der Waals surface area contributed by atoms with Crippen molar-refractivity contribution < 1.29 is 12.7 Å². The molecule has 7 heteroatoms. The van der Waals surface area contributed by atoms with Crippen LogP contribution in [0.25, 0.3) is 11.0 Å². The normalized spacial score (nSPS) is 11.7. The molecule has 6 nitrogen and oxygen atoms in total. The number of sulfonamides is 1. The Balaban J connectivity index is 0.00000192. The van der Waals surface area contributed by atoms with Crippen LogP contribution in [0.15, 0.2) is 46.1 Å². The number of aromatic nitrogens is 2. The fourth-order valence-corrected chi connectivity index (χ4v) is 3.68. The van der Waals surface area contributed by atoms with E-state index in [1.165, 1.54) is 0 Å². The van der Waals surface area contributed by atoms with Gasteiger partial charge in [-0.05, 0) is 43.7 Å². The van der Waals surface area contributed by atoms with E-state index in [9.17, 15) is 13.2 Å². The lowest BCUT2D eigenvalue weighted by Gasteiger charge is -2.11. The molecule has 120 valence electrons. The van der Waals surface area contributed by atoms with Gasteiger partial charge in [0.15, 0.2) is 0 Å². The Morgan fingerprint density at radius 2 is 1.73 bits per heavy atom. The lowest BCUT2D eigenvalue weighted by molar-refractivity contribution is 0.600. The van der Waals surface area contributed by atoms with Crippen LogP contribution in [-0.4, -0.2) is 18.4 Å². The molecular formula is C15H21N3O3S. The summed E-state index contributed by atoms with van der Waals surface area (Å²) in [5.41, 5.74) is 2.92. The van der Waals surface area contributed by atoms with Gasteiger partial charge in [0.1, 0.15) is 0 Å². The number of aromatic amines is 2. The molecular weight excluding hydrogens is 302 g/mol. The average molecular weight is 323 g/mol. The number of imidazole rings is 1. The molecule has 0 bridgehead atoms. The summed E-state index contributed by atoms with van der Waals surface area (Å²) in [6.07, 6.45) is 0. The van der Waals surface area contributed by atoms with Gasteiger partial charge < -0.3 is 9.97 Å². The first-order valence-electron chi connectivity index (χ1n) is 6.67. The van der Waals surface area contributed by atoms with E-state index < -0.39 is 10.0 Å². The van der Waals surface area contributed by atoms with Gasteiger partial charge in [-0.2, -0.15) is 0 Å². The van der Waals surface area contributed by atoms with Crippen LogP contribution in [0, 0.1) is 13.8 Å². The molecule has 3 aromatic rings. The molecule has 1 heterocycles. The fourth-order valence-electron chi connectivity index (χ4n) is 2.41. The highest BCUT2D eigenvalue weighted by Crippen LogP contribution is 2.22. The minimum atomic E-state index is -3.67. The third-order valence-electron chi connectivity index (χ3n) is 3.39. The van der Waals surface area contributed by atoms with Gasteiger partial charge in [0.2, 0.25) is 0 Å². The summed E-state index contributed by atoms with van der Waals surface area (Å²) >= 11 is 0. The number of nitrogens with one attached hydrogen (secondary N) is 3. The fraction of sp³-hybridized carbons (Fsp3) is 0.133. The van der Waals surface area contributed by atoms with Gasteiger partial charge in [-0.1, -0.05) is 17.7 Å². The van der Waals surface area contributed by atoms with E-state index in [1.54, 1.807) is 37.3 Å². The van der Waals surface area contributed by atoms with Crippen LogP contribution in [0.4, 0.5) is 5.69 Å². The summed E-state index contributed by atoms with van der Waals surface area (Å²) in [6, 6.07) is 9.99. The number of hydrogen-bond acceptors (Lipinski definition) is 3. The second kappa shape index (κ2) is 5.03. The number of aryl methyl sites for hydroxylation is 2. The van der Waals surface area contributed by atoms with Crippen molar-refractivity contribution in [2.75, 3.05) is 4.72 Å². The van der Waals surface area contributed by atoms with E-state index in [-0.39, 0.29) is 14.9 Å². The topological polar surface area (TPSA) is 94.8 Å². The second-order valence-electron chi connectivity index (χ2n) is 5.21. The molecule has 0 spiro atoms. The van der Waals surface area contributed by atoms with Gasteiger partial charge >= 0.3 is 5.69 Å². The molecule has 0 amide bonds. The smallest absolute Gasteiger partial charge is 0.306 e. The minimum absolute atomic E-state index is 0. The summed E-state index contributed by atoms with van der Waals surface area (Å²) in [5, 5.41) is 0. The molecule has 0 aliphatic rings. The first kappa shape index (κ1) is 14.4. The number of benzene rings is 2. The Morgan fingerprint density at radius 3 is 2.45 bits per heavy atom. The van der Waals surface area contributed by atoms with Gasteiger partial charge in [0.05, 0.1) is 21.6 Å². The molecule has 2 aromatic carbocycles. The lowest BCUT2D eigenvalue weighted by atomic mass is 10.2. The van der Waals surface area contributed by atoms with E-state index >= 15 is 0 Å². The molecule has 3 rings (SSSR count). The van der Waals surface area contributed by atoms with E-state index in [2.05, 4.69) is 14.7 Å². The summed E-state index contributed by atoms with van der Waals surface area (Å²) in [6.45, 7) is 3.67. The van der Waals surface area contributed by atoms with Crippen LogP contribution in [0.2, 0.25) is 0 Å². The Hall–Kier alpha value is -2.54. The molecule has 0 saturated heterocycles. The maximum Gasteiger partial charge on any atom is 0.323 e. The van der Waals surface area contributed by atoms with E-state index in [0.717, 1.165) is 5.56 Å². The highest BCUT2D eigenvalue weighted by molar-refractivity contribution is 7.92. The van der Waals surface area contributed by atoms with E-state index in [4.69, 9.17) is 0 Å². The van der Waals surface area contributed by atoms with Crippen molar-refractivity contribution in [3.05, 3.63) is 58.0 Å². The Morgan fingerprint density at radius 1 is 1.00 bits per heavy atom. The molecule has 0 atom stereocenters. The van der Waals surface area contributed by atoms with Crippen LogP contribution in [0.5, 0.6) is 0 Å². The first-order valence-corrected chi connectivity index (χ1v) is 8.15. The highest BCUT2D eigenvalue weighted by Gasteiger charge is 2.17. The third-order valence-corrected chi connectivity index (χ3v) is 4.93. The molecule has 0 unspecified atom stereocenters. The largest absolute Gasteiger partial charge is 0.323 e. The van der Waals surface area contributed by atoms with E-state index in [1.807, 2.05) is 13.0 Å². The monoisotopic (exact) mass is 323 g/mol. The quantitative estimate of drug-likeness (QED) is 0.691. The number of rotatable bonds is 3. The summed E-state index contributed by atoms with van der Waals surface area (Å²) < 4.78 is 27.5. The highest BCUT2D eigenvalue weighted by atomic mass is 32.2. The SMILES string of the molecule is Cc1ccc(S(=O)(=O)Nc2ccc3[nH]c(=O)[nH]c3c2)c(C)c1.[HH].[HH].[HH]. The molecule has 0 fully saturated rings. The van der Waals surface area contributed by atoms with Gasteiger partial charge in [-0.25, -0.2) is 13.2 Å². The Kier molecular flexibility index (Phi) is 3.29. The predicted molar refractivity (Wildman–Crippen MR) is 92.0 cm³/mol. The predicted octanol–water partition coefficient (Wildman–Crippen LogP) is 3.01. The van der Waals surface area contributed by atoms with Crippen LogP contribution >= 0.6 is 0 Å². The molecule has 22 heavy (non-hydrogen) atoms. The van der Waals surface area contributed by atoms with Crippen molar-refractivity contribution in [3.8, 4) is 0 Å². The summed E-state index contributed by atoms with van der Waals surface area (Å²) in [4.78, 5) is 16.7. The van der Waals surface area contributed by atoms with Crippen LogP contribution in [0.1, 0.15) is 15.4 Å². The zero-order valence-corrected chi connectivity index (χ0v) is 12.9. The molecule has 1 aromatic heterocycles. The number of H-pyrrole nitrogens is 2. The summed E-state index contributed by atoms with van der Waals surface area (Å²) in [7, 11) is -3.67. The number of anilines is 1. The van der Waals surface area contributed by atoms with Crippen molar-refractivity contribution in [2.45, 2.75) is 18.7 Å². The minimum Gasteiger partial charge on any atom is -0.306 e. The van der Waals surface area contributed by atoms with Crippen LogP contribution in [-0.2, 0) is 10.0 Å². The molecule has 0 saturated carbocycles. The second-order valence-corrected chi connectivity index (χ2v) is 6.86. The average Bonchev–Trinajstić information content (AvgIpc) is 2.77. The maximum absolute atomic E-state index is 12.5. The maximum atomic E-state index is 12.5. The standard InChI is InChI=1S/C15H15N3O3S.3H2/c1-9-3-6-14(10(2)7-9)22(20,21)18-11-4-5-12-13(8-11)17-15(19)16-12;;;/h3-8,18H,1-2H3,(H2,16,17,19);3*1H. The number of hydrogen-bond donors (Lipinski definition) is 3. The van der Waals surface area contributed by atoms with E-state index in [0.29, 0.717) is 22.3 Å². The Bertz CT molecular complexity index is 1030.